The van der Waals surface area contributed by atoms with Gasteiger partial charge in [0.05, 0.1) is 25.2 Å². The Labute approximate surface area is 166 Å². The van der Waals surface area contributed by atoms with Gasteiger partial charge in [0.15, 0.2) is 0 Å². The number of methoxy groups -OCH3 is 1. The molecule has 0 atom stereocenters. The van der Waals surface area contributed by atoms with Crippen LogP contribution in [-0.2, 0) is 6.61 Å². The fraction of sp³-hybridized carbons (Fsp3) is 0.150. The van der Waals surface area contributed by atoms with Crippen LogP contribution in [0.3, 0.4) is 0 Å². The summed E-state index contributed by atoms with van der Waals surface area (Å²) in [4.78, 5) is 17.1. The van der Waals surface area contributed by atoms with E-state index in [2.05, 4.69) is 25.3 Å². The SMILES string of the molecule is CNc1c(-c2ccc(OCc3cnc(OC)cn3)cc2)nc2cc(C#N)ncn12. The zero-order valence-electron chi connectivity index (χ0n) is 15.8. The first-order chi connectivity index (χ1) is 14.2. The molecule has 144 valence electrons. The van der Waals surface area contributed by atoms with Crippen molar-refractivity contribution >= 4 is 11.5 Å². The Balaban J connectivity index is 1.55. The third-order valence-corrected chi connectivity index (χ3v) is 4.27. The summed E-state index contributed by atoms with van der Waals surface area (Å²) in [6.45, 7) is 0.301. The Morgan fingerprint density at radius 1 is 1.14 bits per heavy atom. The second-order valence-electron chi connectivity index (χ2n) is 6.04. The summed E-state index contributed by atoms with van der Waals surface area (Å²) in [5, 5.41) is 12.2. The molecule has 29 heavy (non-hydrogen) atoms. The molecule has 3 aromatic heterocycles. The number of fused-ring (bicyclic) bond motifs is 1. The molecule has 0 amide bonds. The second kappa shape index (κ2) is 7.82. The van der Waals surface area contributed by atoms with E-state index in [1.54, 1.807) is 31.9 Å². The molecule has 0 aliphatic heterocycles. The van der Waals surface area contributed by atoms with Gasteiger partial charge in [-0.3, -0.25) is 9.38 Å². The minimum absolute atomic E-state index is 0.301. The number of ether oxygens (including phenoxy) is 2. The summed E-state index contributed by atoms with van der Waals surface area (Å²) in [5.41, 5.74) is 3.34. The minimum atomic E-state index is 0.301. The van der Waals surface area contributed by atoms with Gasteiger partial charge in [0.1, 0.15) is 47.6 Å². The first kappa shape index (κ1) is 18.2. The number of aromatic nitrogens is 5. The van der Waals surface area contributed by atoms with Gasteiger partial charge in [-0.15, -0.1) is 0 Å². The van der Waals surface area contributed by atoms with Crippen molar-refractivity contribution in [3.05, 3.63) is 60.4 Å². The highest BCUT2D eigenvalue weighted by atomic mass is 16.5. The van der Waals surface area contributed by atoms with Crippen molar-refractivity contribution in [3.8, 4) is 29.0 Å². The van der Waals surface area contributed by atoms with E-state index in [0.717, 1.165) is 17.1 Å². The van der Waals surface area contributed by atoms with Crippen LogP contribution in [0, 0.1) is 11.3 Å². The summed E-state index contributed by atoms with van der Waals surface area (Å²) >= 11 is 0. The predicted molar refractivity (Wildman–Crippen MR) is 106 cm³/mol. The first-order valence-electron chi connectivity index (χ1n) is 8.76. The Bertz CT molecular complexity index is 1180. The van der Waals surface area contributed by atoms with E-state index in [4.69, 9.17) is 14.7 Å². The van der Waals surface area contributed by atoms with E-state index >= 15 is 0 Å². The van der Waals surface area contributed by atoms with Crippen LogP contribution in [0.25, 0.3) is 16.9 Å². The van der Waals surface area contributed by atoms with Crippen molar-refractivity contribution in [2.45, 2.75) is 6.61 Å². The minimum Gasteiger partial charge on any atom is -0.487 e. The van der Waals surface area contributed by atoms with Crippen molar-refractivity contribution in [2.75, 3.05) is 19.5 Å². The standard InChI is InChI=1S/C20H17N7O2/c1-22-20-19(26-17-7-14(8-21)25-12-27(17)20)13-3-5-16(6-4-13)29-11-15-9-24-18(28-2)10-23-15/h3-7,9-10,12,22H,11H2,1-2H3. The average Bonchev–Trinajstić information content (AvgIpc) is 3.16. The zero-order valence-corrected chi connectivity index (χ0v) is 15.8. The number of benzene rings is 1. The van der Waals surface area contributed by atoms with Crippen LogP contribution in [0.4, 0.5) is 5.82 Å². The van der Waals surface area contributed by atoms with Crippen LogP contribution in [0.5, 0.6) is 11.6 Å². The third-order valence-electron chi connectivity index (χ3n) is 4.27. The lowest BCUT2D eigenvalue weighted by atomic mass is 10.1. The third kappa shape index (κ3) is 3.64. The van der Waals surface area contributed by atoms with Gasteiger partial charge in [-0.1, -0.05) is 0 Å². The molecule has 3 heterocycles. The topological polar surface area (TPSA) is 110 Å². The molecule has 0 saturated carbocycles. The highest BCUT2D eigenvalue weighted by Crippen LogP contribution is 2.29. The average molecular weight is 387 g/mol. The zero-order chi connectivity index (χ0) is 20.2. The van der Waals surface area contributed by atoms with Gasteiger partial charge in [0.2, 0.25) is 5.88 Å². The van der Waals surface area contributed by atoms with Crippen molar-refractivity contribution < 1.29 is 9.47 Å². The first-order valence-corrected chi connectivity index (χ1v) is 8.76. The number of hydrogen-bond acceptors (Lipinski definition) is 8. The fourth-order valence-corrected chi connectivity index (χ4v) is 2.84. The van der Waals surface area contributed by atoms with Crippen molar-refractivity contribution in [3.63, 3.8) is 0 Å². The Hall–Kier alpha value is -4.19. The molecule has 0 saturated heterocycles. The molecular formula is C20H17N7O2. The molecular weight excluding hydrogens is 370 g/mol. The fourth-order valence-electron chi connectivity index (χ4n) is 2.84. The van der Waals surface area contributed by atoms with Gasteiger partial charge in [0, 0.05) is 18.7 Å². The van der Waals surface area contributed by atoms with Gasteiger partial charge in [-0.05, 0) is 24.3 Å². The number of imidazole rings is 1. The highest BCUT2D eigenvalue weighted by Gasteiger charge is 2.14. The van der Waals surface area contributed by atoms with Gasteiger partial charge < -0.3 is 14.8 Å². The molecule has 0 bridgehead atoms. The maximum absolute atomic E-state index is 9.04. The molecule has 0 fully saturated rings. The van der Waals surface area contributed by atoms with E-state index < -0.39 is 0 Å². The van der Waals surface area contributed by atoms with E-state index in [0.29, 0.717) is 35.3 Å². The predicted octanol–water partition coefficient (Wildman–Crippen LogP) is 2.69. The number of nitrogens with zero attached hydrogens (tertiary/aromatic N) is 6. The Kier molecular flexibility index (Phi) is 4.90. The lowest BCUT2D eigenvalue weighted by molar-refractivity contribution is 0.299. The van der Waals surface area contributed by atoms with Crippen LogP contribution >= 0.6 is 0 Å². The molecule has 9 nitrogen and oxygen atoms in total. The van der Waals surface area contributed by atoms with Gasteiger partial charge in [-0.25, -0.2) is 15.0 Å². The van der Waals surface area contributed by atoms with Crippen LogP contribution in [0.2, 0.25) is 0 Å². The second-order valence-corrected chi connectivity index (χ2v) is 6.04. The Morgan fingerprint density at radius 3 is 2.62 bits per heavy atom. The van der Waals surface area contributed by atoms with Crippen molar-refractivity contribution in [1.82, 2.24) is 24.3 Å². The summed E-state index contributed by atoms with van der Waals surface area (Å²) < 4.78 is 12.6. The summed E-state index contributed by atoms with van der Waals surface area (Å²) in [6.07, 6.45) is 4.76. The maximum atomic E-state index is 9.04. The number of nitriles is 1. The maximum Gasteiger partial charge on any atom is 0.231 e. The molecule has 0 aliphatic carbocycles. The van der Waals surface area contributed by atoms with Gasteiger partial charge >= 0.3 is 0 Å². The molecule has 4 aromatic rings. The van der Waals surface area contributed by atoms with Gasteiger partial charge in [0.25, 0.3) is 0 Å². The summed E-state index contributed by atoms with van der Waals surface area (Å²) in [7, 11) is 3.36. The lowest BCUT2D eigenvalue weighted by Gasteiger charge is -2.07. The highest BCUT2D eigenvalue weighted by molar-refractivity contribution is 5.76. The molecule has 0 radical (unpaired) electrons. The molecule has 1 N–H and O–H groups in total. The number of hydrogen-bond donors (Lipinski definition) is 1. The molecule has 9 heteroatoms. The molecule has 0 unspecified atom stereocenters. The number of nitrogens with one attached hydrogen (secondary N) is 1. The number of rotatable bonds is 6. The summed E-state index contributed by atoms with van der Waals surface area (Å²) in [6, 6.07) is 11.3. The largest absolute Gasteiger partial charge is 0.487 e. The van der Waals surface area contributed by atoms with Gasteiger partial charge in [-0.2, -0.15) is 5.26 Å². The van der Waals surface area contributed by atoms with E-state index in [9.17, 15) is 0 Å². The van der Waals surface area contributed by atoms with Crippen LogP contribution < -0.4 is 14.8 Å². The molecule has 4 rings (SSSR count). The normalized spacial score (nSPS) is 10.5. The summed E-state index contributed by atoms with van der Waals surface area (Å²) in [5.74, 6) is 1.96. The number of anilines is 1. The quantitative estimate of drug-likeness (QED) is 0.538. The van der Waals surface area contributed by atoms with E-state index in [1.807, 2.05) is 41.8 Å². The Morgan fingerprint density at radius 2 is 1.97 bits per heavy atom. The van der Waals surface area contributed by atoms with Crippen molar-refractivity contribution in [2.24, 2.45) is 0 Å². The van der Waals surface area contributed by atoms with E-state index in [-0.39, 0.29) is 0 Å². The lowest BCUT2D eigenvalue weighted by Crippen LogP contribution is -2.00. The monoisotopic (exact) mass is 387 g/mol. The molecule has 1 aromatic carbocycles. The molecule has 0 aliphatic rings. The van der Waals surface area contributed by atoms with Crippen LogP contribution in [-0.4, -0.2) is 38.5 Å². The van der Waals surface area contributed by atoms with Crippen LogP contribution in [0.1, 0.15) is 11.4 Å². The molecule has 0 spiro atoms. The van der Waals surface area contributed by atoms with Crippen LogP contribution in [0.15, 0.2) is 49.1 Å². The van der Waals surface area contributed by atoms with Crippen molar-refractivity contribution in [1.29, 1.82) is 5.26 Å². The smallest absolute Gasteiger partial charge is 0.231 e. The van der Waals surface area contributed by atoms with E-state index in [1.165, 1.54) is 0 Å².